The zero-order valence-electron chi connectivity index (χ0n) is 51.0. The van der Waals surface area contributed by atoms with Crippen molar-refractivity contribution in [3.8, 4) is 17.9 Å². The number of Topliss-reactive ketones (excluding diaryl/α,β-unsaturated/α-hetero) is 2. The summed E-state index contributed by atoms with van der Waals surface area (Å²) < 4.78 is 69.9. The Morgan fingerprint density at radius 1 is 0.646 bits per heavy atom. The molecule has 1 unspecified atom stereocenters. The first-order valence-corrected chi connectivity index (χ1v) is 37.0. The van der Waals surface area contributed by atoms with E-state index in [2.05, 4.69) is 133 Å². The lowest BCUT2D eigenvalue weighted by Gasteiger charge is -2.51. The van der Waals surface area contributed by atoms with E-state index in [4.69, 9.17) is 57.1 Å². The van der Waals surface area contributed by atoms with Gasteiger partial charge in [0, 0.05) is 37.5 Å². The second-order valence-corrected chi connectivity index (χ2v) is 42.5. The minimum absolute atomic E-state index is 0.00987. The Bertz CT molecular complexity index is 2920. The SMILES string of the molecule is CC(=O)Cc1ccn([C@@H]2O[C@@H]3CO[Si](C(C)C)(C(C)C)O[Si](C(C)C)(C(C)C)O[C@H]3C2(C#N)OC(=S)Oc2ccccc2)c(=O)n1.CC(=O)Cc1ccn([C@@H]2O[C@@H]3CO[Si](C(C)C)(C(C)C)O[Si](C(C)C)(C(C)C)O[C@H]3[C@@H]2C#N)c(=O)n1. The molecule has 0 aliphatic carbocycles. The maximum Gasteiger partial charge on any atom is 0.359 e. The maximum atomic E-state index is 13.5. The Kier molecular flexibility index (Phi) is 21.8. The number of carbonyl (C=O) groups is 2. The van der Waals surface area contributed by atoms with Crippen LogP contribution < -0.4 is 16.1 Å². The van der Waals surface area contributed by atoms with Gasteiger partial charge < -0.3 is 44.9 Å². The number of nitrogens with zero attached hydrogens (tertiary/aromatic N) is 6. The molecule has 8 atom stereocenters. The largest absolute Gasteiger partial charge is 0.427 e. The fraction of sp³-hybridized carbons (Fsp3) is 0.667. The number of nitriles is 2. The molecule has 4 aliphatic rings. The number of thiocarbonyl (C=S) groups is 1. The Morgan fingerprint density at radius 2 is 1.09 bits per heavy atom. The van der Waals surface area contributed by atoms with Gasteiger partial charge in [0.05, 0.1) is 36.8 Å². The molecule has 4 aliphatic heterocycles. The zero-order valence-corrected chi connectivity index (χ0v) is 55.8. The highest BCUT2D eigenvalue weighted by Gasteiger charge is 2.69. The fourth-order valence-electron chi connectivity index (χ4n) is 11.9. The number of hydrogen-bond donors (Lipinski definition) is 0. The molecular weight excluding hydrogens is 1140 g/mol. The van der Waals surface area contributed by atoms with Crippen LogP contribution >= 0.6 is 12.2 Å². The molecule has 25 heteroatoms. The van der Waals surface area contributed by atoms with Gasteiger partial charge in [0.2, 0.25) is 0 Å². The number of ether oxygens (including phenoxy) is 4. The maximum absolute atomic E-state index is 13.5. The molecule has 0 amide bonds. The van der Waals surface area contributed by atoms with Gasteiger partial charge in [-0.15, -0.1) is 0 Å². The molecule has 4 fully saturated rings. The van der Waals surface area contributed by atoms with Crippen molar-refractivity contribution in [1.29, 1.82) is 10.5 Å². The minimum Gasteiger partial charge on any atom is -0.427 e. The summed E-state index contributed by atoms with van der Waals surface area (Å²) in [7, 11) is -11.9. The van der Waals surface area contributed by atoms with Gasteiger partial charge in [-0.3, -0.25) is 18.7 Å². The monoisotopic (exact) mass is 1220 g/mol. The molecule has 1 aromatic carbocycles. The number of carbonyl (C=O) groups excluding carboxylic acids is 2. The normalized spacial score (nSPS) is 26.5. The number of rotatable bonds is 16. The first-order chi connectivity index (χ1) is 38.4. The van der Waals surface area contributed by atoms with Crippen molar-refractivity contribution < 1.29 is 54.5 Å². The number of para-hydroxylation sites is 1. The lowest BCUT2D eigenvalue weighted by molar-refractivity contribution is -0.117. The molecule has 82 heavy (non-hydrogen) atoms. The van der Waals surface area contributed by atoms with Crippen LogP contribution in [0.3, 0.4) is 0 Å². The Morgan fingerprint density at radius 3 is 1.50 bits per heavy atom. The lowest BCUT2D eigenvalue weighted by Crippen LogP contribution is -2.67. The van der Waals surface area contributed by atoms with Crippen molar-refractivity contribution in [1.82, 2.24) is 19.1 Å². The van der Waals surface area contributed by atoms with E-state index in [9.17, 15) is 29.7 Å². The predicted molar refractivity (Wildman–Crippen MR) is 319 cm³/mol. The van der Waals surface area contributed by atoms with E-state index in [0.29, 0.717) is 17.1 Å². The summed E-state index contributed by atoms with van der Waals surface area (Å²) in [4.78, 5) is 57.8. The smallest absolute Gasteiger partial charge is 0.359 e. The van der Waals surface area contributed by atoms with E-state index in [-0.39, 0.29) is 87.2 Å². The molecule has 0 N–H and O–H groups in total. The average molecular weight is 1220 g/mol. The highest BCUT2D eigenvalue weighted by Crippen LogP contribution is 2.53. The molecule has 0 radical (unpaired) electrons. The number of benzene rings is 1. The average Bonchev–Trinajstić information content (AvgIpc) is 2.15. The van der Waals surface area contributed by atoms with Crippen molar-refractivity contribution >= 4 is 63.3 Å². The molecule has 20 nitrogen and oxygen atoms in total. The summed E-state index contributed by atoms with van der Waals surface area (Å²) in [5.41, 5.74) is -1.97. The van der Waals surface area contributed by atoms with Crippen LogP contribution in [0.25, 0.3) is 0 Å². The predicted octanol–water partition coefficient (Wildman–Crippen LogP) is 10.2. The zero-order chi connectivity index (χ0) is 61.0. The van der Waals surface area contributed by atoms with Crippen molar-refractivity contribution in [3.63, 3.8) is 0 Å². The fourth-order valence-corrected chi connectivity index (χ4v) is 34.6. The molecule has 0 saturated carbocycles. The number of hydrogen-bond acceptors (Lipinski definition) is 19. The second-order valence-electron chi connectivity index (χ2n) is 24.5. The van der Waals surface area contributed by atoms with Gasteiger partial charge >= 0.3 is 50.9 Å². The van der Waals surface area contributed by atoms with Crippen LogP contribution in [0.1, 0.15) is 148 Å². The van der Waals surface area contributed by atoms with Gasteiger partial charge in [-0.05, 0) is 82.4 Å². The van der Waals surface area contributed by atoms with Crippen LogP contribution in [0.15, 0.2) is 64.4 Å². The van der Waals surface area contributed by atoms with Crippen LogP contribution in [0, 0.1) is 28.6 Å². The summed E-state index contributed by atoms with van der Waals surface area (Å²) in [6.45, 7) is 36.9. The summed E-state index contributed by atoms with van der Waals surface area (Å²) in [5, 5.41) is 21.0. The molecule has 0 spiro atoms. The second kappa shape index (κ2) is 26.8. The molecule has 3 aromatic rings. The van der Waals surface area contributed by atoms with E-state index in [0.717, 1.165) is 0 Å². The van der Waals surface area contributed by atoms with Crippen molar-refractivity contribution in [2.75, 3.05) is 13.2 Å². The van der Waals surface area contributed by atoms with Crippen LogP contribution in [-0.2, 0) is 62.6 Å². The van der Waals surface area contributed by atoms with E-state index in [1.807, 2.05) is 6.07 Å². The van der Waals surface area contributed by atoms with Crippen molar-refractivity contribution in [3.05, 3.63) is 87.2 Å². The summed E-state index contributed by atoms with van der Waals surface area (Å²) >= 11 is 5.54. The van der Waals surface area contributed by atoms with E-state index in [1.54, 1.807) is 42.6 Å². The first kappa shape index (κ1) is 66.7. The standard InChI is InChI=1S/C32H45N3O8SSi2.C25H41N3O6Si2/c1-20(2)45(21(3)4)38-18-27-28(42-46(43-45,22(5)6)23(7)8)32(19-33,41-31(44)39-26-13-11-10-12-14-26)29(40-27)35-16-15-25(17-24(9)36)34-30(35)37;1-15(2)35(16(3)4)31-14-22-23(33-36(34-35,17(5)6)18(7)8)21(13-26)24(32-22)28-11-10-20(12-19(9)29)27-25(28)30/h10-16,20-23,27-29H,17-18H2,1-9H3;10-11,15-18,21-24H,12,14H2,1-9H3/t27-,28-,29-,32?;21-,22+,23-,24+/m10/s1. The molecule has 4 saturated heterocycles. The van der Waals surface area contributed by atoms with E-state index >= 15 is 0 Å². The summed E-state index contributed by atoms with van der Waals surface area (Å²) in [6.07, 6.45) is -2.24. The molecule has 2 aromatic heterocycles. The van der Waals surface area contributed by atoms with Gasteiger partial charge in [-0.1, -0.05) is 129 Å². The van der Waals surface area contributed by atoms with Gasteiger partial charge in [0.1, 0.15) is 47.6 Å². The summed E-state index contributed by atoms with van der Waals surface area (Å²) in [6, 6.07) is 16.6. The first-order valence-electron chi connectivity index (χ1n) is 28.7. The van der Waals surface area contributed by atoms with Crippen LogP contribution in [0.5, 0.6) is 5.75 Å². The highest BCUT2D eigenvalue weighted by molar-refractivity contribution is 7.79. The molecule has 450 valence electrons. The van der Waals surface area contributed by atoms with E-state index < -0.39 is 94.0 Å². The van der Waals surface area contributed by atoms with E-state index in [1.165, 1.54) is 29.2 Å². The van der Waals surface area contributed by atoms with Gasteiger partial charge in [0.25, 0.3) is 5.60 Å². The molecule has 0 bridgehead atoms. The number of ketones is 2. The third-order valence-electron chi connectivity index (χ3n) is 16.1. The molecule has 7 rings (SSSR count). The van der Waals surface area contributed by atoms with Gasteiger partial charge in [-0.25, -0.2) is 9.59 Å². The Balaban J connectivity index is 0.000000272. The summed E-state index contributed by atoms with van der Waals surface area (Å²) in [5.74, 6) is -0.571. The van der Waals surface area contributed by atoms with Crippen molar-refractivity contribution in [2.24, 2.45) is 5.92 Å². The minimum atomic E-state index is -3.27. The van der Waals surface area contributed by atoms with Crippen molar-refractivity contribution in [2.45, 2.75) is 224 Å². The van der Waals surface area contributed by atoms with Gasteiger partial charge in [0.15, 0.2) is 12.5 Å². The Hall–Kier alpha value is -4.46. The highest BCUT2D eigenvalue weighted by atomic mass is 32.1. The Labute approximate surface area is 493 Å². The quantitative estimate of drug-likeness (QED) is 0.0956. The van der Waals surface area contributed by atoms with Gasteiger partial charge in [-0.2, -0.15) is 20.5 Å². The number of fused-ring (bicyclic) bond motifs is 2. The van der Waals surface area contributed by atoms with Crippen LogP contribution in [0.4, 0.5) is 0 Å². The third-order valence-corrected chi connectivity index (χ3v) is 36.8. The third kappa shape index (κ3) is 13.3. The van der Waals surface area contributed by atoms with Crippen LogP contribution in [0.2, 0.25) is 44.3 Å². The lowest BCUT2D eigenvalue weighted by atomic mass is 9.95. The number of aromatic nitrogens is 4. The molecular formula is C57H86N6O14SSi4. The van der Waals surface area contributed by atoms with Crippen LogP contribution in [-0.4, -0.2) is 113 Å². The molecule has 6 heterocycles. The topological polar surface area (TPSA) is 244 Å².